The summed E-state index contributed by atoms with van der Waals surface area (Å²) in [5, 5.41) is 8.98. The Balaban J connectivity index is 2.29. The van der Waals surface area contributed by atoms with Crippen LogP contribution >= 0.6 is 0 Å². The minimum atomic E-state index is -0.989. The molecule has 0 aliphatic heterocycles. The van der Waals surface area contributed by atoms with Gasteiger partial charge in [0.1, 0.15) is 11.8 Å². The highest BCUT2D eigenvalue weighted by molar-refractivity contribution is 5.76. The molecule has 1 aromatic rings. The lowest BCUT2D eigenvalue weighted by Gasteiger charge is -2.18. The van der Waals surface area contributed by atoms with Crippen LogP contribution in [0.3, 0.4) is 0 Å². The van der Waals surface area contributed by atoms with Crippen molar-refractivity contribution in [1.29, 1.82) is 0 Å². The third-order valence-electron chi connectivity index (χ3n) is 3.15. The summed E-state index contributed by atoms with van der Waals surface area (Å²) in [5.74, 6) is -0.318. The predicted octanol–water partition coefficient (Wildman–Crippen LogP) is 0.869. The number of furan rings is 1. The lowest BCUT2D eigenvalue weighted by atomic mass is 9.92. The Hall–Kier alpha value is -1.33. The number of aliphatic carboxylic acids is 1. The summed E-state index contributed by atoms with van der Waals surface area (Å²) in [6.07, 6.45) is 3.06. The number of carbonyl (C=O) groups is 1. The van der Waals surface area contributed by atoms with E-state index >= 15 is 0 Å². The average Bonchev–Trinajstić information content (AvgIpc) is 2.93. The van der Waals surface area contributed by atoms with Crippen molar-refractivity contribution < 1.29 is 19.1 Å². The summed E-state index contributed by atoms with van der Waals surface area (Å²) in [6.45, 7) is 0.417. The number of carboxylic acids is 1. The molecule has 0 aromatic carbocycles. The molecule has 2 rings (SSSR count). The summed E-state index contributed by atoms with van der Waals surface area (Å²) in [6, 6.07) is 0.891. The second-order valence-corrected chi connectivity index (χ2v) is 4.18. The molecule has 1 aromatic heterocycles. The molecule has 1 aliphatic carbocycles. The second kappa shape index (κ2) is 3.92. The van der Waals surface area contributed by atoms with E-state index in [9.17, 15) is 4.79 Å². The first-order valence-corrected chi connectivity index (χ1v) is 5.16. The molecule has 1 aliphatic rings. The third kappa shape index (κ3) is 1.62. The fourth-order valence-electron chi connectivity index (χ4n) is 2.09. The fourth-order valence-corrected chi connectivity index (χ4v) is 2.09. The molecule has 1 heterocycles. The van der Waals surface area contributed by atoms with Crippen LogP contribution in [0, 0.1) is 0 Å². The van der Waals surface area contributed by atoms with E-state index < -0.39 is 17.4 Å². The van der Waals surface area contributed by atoms with Crippen LogP contribution in [-0.2, 0) is 21.6 Å². The Morgan fingerprint density at radius 1 is 1.75 bits per heavy atom. The Labute approximate surface area is 93.2 Å². The standard InChI is InChI=1S/C11H15NO4/c1-15-6-7-2-5-16-9(7)11(3-4-11)8(12)10(13)14/h2,5,8H,3-4,6,12H2,1H3,(H,13,14). The Bertz CT molecular complexity index is 394. The highest BCUT2D eigenvalue weighted by Crippen LogP contribution is 2.51. The van der Waals surface area contributed by atoms with Gasteiger partial charge >= 0.3 is 5.97 Å². The Morgan fingerprint density at radius 3 is 2.94 bits per heavy atom. The highest BCUT2D eigenvalue weighted by atomic mass is 16.5. The first-order chi connectivity index (χ1) is 7.62. The zero-order chi connectivity index (χ0) is 11.8. The van der Waals surface area contributed by atoms with Gasteiger partial charge in [-0.25, -0.2) is 0 Å². The average molecular weight is 225 g/mol. The molecule has 5 heteroatoms. The minimum Gasteiger partial charge on any atom is -0.480 e. The largest absolute Gasteiger partial charge is 0.480 e. The van der Waals surface area contributed by atoms with E-state index in [-0.39, 0.29) is 0 Å². The monoisotopic (exact) mass is 225 g/mol. The van der Waals surface area contributed by atoms with Crippen molar-refractivity contribution in [3.05, 3.63) is 23.7 Å². The molecular formula is C11H15NO4. The van der Waals surface area contributed by atoms with E-state index in [1.165, 1.54) is 0 Å². The molecule has 1 fully saturated rings. The molecule has 0 bridgehead atoms. The first kappa shape index (κ1) is 11.2. The minimum absolute atomic E-state index is 0.417. The Morgan fingerprint density at radius 2 is 2.44 bits per heavy atom. The molecule has 88 valence electrons. The van der Waals surface area contributed by atoms with E-state index in [1.807, 2.05) is 0 Å². The van der Waals surface area contributed by atoms with E-state index in [0.717, 1.165) is 18.4 Å². The van der Waals surface area contributed by atoms with Crippen LogP contribution in [0.1, 0.15) is 24.2 Å². The van der Waals surface area contributed by atoms with Crippen molar-refractivity contribution in [2.45, 2.75) is 30.9 Å². The zero-order valence-corrected chi connectivity index (χ0v) is 9.10. The maximum Gasteiger partial charge on any atom is 0.321 e. The lowest BCUT2D eigenvalue weighted by Crippen LogP contribution is -2.42. The summed E-state index contributed by atoms with van der Waals surface area (Å²) in [5.41, 5.74) is 6.07. The molecule has 1 saturated carbocycles. The van der Waals surface area contributed by atoms with E-state index in [2.05, 4.69) is 0 Å². The van der Waals surface area contributed by atoms with Crippen LogP contribution in [0.15, 0.2) is 16.7 Å². The zero-order valence-electron chi connectivity index (χ0n) is 9.10. The maximum absolute atomic E-state index is 11.0. The van der Waals surface area contributed by atoms with Gasteiger partial charge in [-0.2, -0.15) is 0 Å². The molecule has 1 unspecified atom stereocenters. The molecule has 16 heavy (non-hydrogen) atoms. The van der Waals surface area contributed by atoms with Gasteiger partial charge < -0.3 is 20.0 Å². The first-order valence-electron chi connectivity index (χ1n) is 5.16. The van der Waals surface area contributed by atoms with E-state index in [1.54, 1.807) is 19.4 Å². The number of rotatable bonds is 5. The van der Waals surface area contributed by atoms with Gasteiger partial charge in [0.15, 0.2) is 0 Å². The lowest BCUT2D eigenvalue weighted by molar-refractivity contribution is -0.139. The number of nitrogens with two attached hydrogens (primary N) is 1. The van der Waals surface area contributed by atoms with Gasteiger partial charge in [0.25, 0.3) is 0 Å². The normalized spacial score (nSPS) is 19.4. The number of hydrogen-bond donors (Lipinski definition) is 2. The molecule has 1 atom stereocenters. The van der Waals surface area contributed by atoms with Gasteiger partial charge in [-0.05, 0) is 18.9 Å². The van der Waals surface area contributed by atoms with E-state index in [4.69, 9.17) is 20.0 Å². The molecule has 0 amide bonds. The maximum atomic E-state index is 11.0. The number of hydrogen-bond acceptors (Lipinski definition) is 4. The van der Waals surface area contributed by atoms with Crippen molar-refractivity contribution in [2.75, 3.05) is 7.11 Å². The molecule has 5 nitrogen and oxygen atoms in total. The third-order valence-corrected chi connectivity index (χ3v) is 3.15. The number of carboxylic acid groups (broad SMARTS) is 1. The van der Waals surface area contributed by atoms with Crippen LogP contribution < -0.4 is 5.73 Å². The fraction of sp³-hybridized carbons (Fsp3) is 0.545. The van der Waals surface area contributed by atoms with Crippen molar-refractivity contribution in [3.8, 4) is 0 Å². The Kier molecular flexibility index (Phi) is 2.73. The van der Waals surface area contributed by atoms with Crippen LogP contribution in [0.4, 0.5) is 0 Å². The van der Waals surface area contributed by atoms with Crippen LogP contribution in [-0.4, -0.2) is 24.2 Å². The molecule has 0 radical (unpaired) electrons. The molecule has 0 spiro atoms. The van der Waals surface area contributed by atoms with Crippen molar-refractivity contribution >= 4 is 5.97 Å². The second-order valence-electron chi connectivity index (χ2n) is 4.18. The quantitative estimate of drug-likeness (QED) is 0.776. The van der Waals surface area contributed by atoms with Gasteiger partial charge in [-0.15, -0.1) is 0 Å². The summed E-state index contributed by atoms with van der Waals surface area (Å²) in [4.78, 5) is 11.0. The summed E-state index contributed by atoms with van der Waals surface area (Å²) < 4.78 is 10.4. The van der Waals surface area contributed by atoms with Crippen molar-refractivity contribution in [2.24, 2.45) is 5.73 Å². The van der Waals surface area contributed by atoms with E-state index in [0.29, 0.717) is 12.4 Å². The van der Waals surface area contributed by atoms with Gasteiger partial charge in [-0.3, -0.25) is 4.79 Å². The van der Waals surface area contributed by atoms with Gasteiger partial charge in [-0.1, -0.05) is 0 Å². The summed E-state index contributed by atoms with van der Waals surface area (Å²) in [7, 11) is 1.59. The molecule has 3 N–H and O–H groups in total. The summed E-state index contributed by atoms with van der Waals surface area (Å²) >= 11 is 0. The predicted molar refractivity (Wildman–Crippen MR) is 55.9 cm³/mol. The van der Waals surface area contributed by atoms with Gasteiger partial charge in [0.05, 0.1) is 18.3 Å². The van der Waals surface area contributed by atoms with Crippen molar-refractivity contribution in [1.82, 2.24) is 0 Å². The van der Waals surface area contributed by atoms with Crippen LogP contribution in [0.25, 0.3) is 0 Å². The van der Waals surface area contributed by atoms with Crippen molar-refractivity contribution in [3.63, 3.8) is 0 Å². The number of methoxy groups -OCH3 is 1. The highest BCUT2D eigenvalue weighted by Gasteiger charge is 2.55. The smallest absolute Gasteiger partial charge is 0.321 e. The van der Waals surface area contributed by atoms with Gasteiger partial charge in [0.2, 0.25) is 0 Å². The van der Waals surface area contributed by atoms with Gasteiger partial charge in [0, 0.05) is 12.7 Å². The van der Waals surface area contributed by atoms with Crippen LogP contribution in [0.2, 0.25) is 0 Å². The van der Waals surface area contributed by atoms with Crippen LogP contribution in [0.5, 0.6) is 0 Å². The molecule has 0 saturated heterocycles. The molecular weight excluding hydrogens is 210 g/mol. The SMILES string of the molecule is COCc1ccoc1C1(C(N)C(=O)O)CC1. The number of ether oxygens (including phenoxy) is 1. The topological polar surface area (TPSA) is 85.7 Å².